The number of carbonyl (C=O) groups is 1. The van der Waals surface area contributed by atoms with Gasteiger partial charge in [0.15, 0.2) is 16.6 Å². The minimum Gasteiger partial charge on any atom is -0.494 e. The number of carbonyl (C=O) groups excluding carboxylic acids is 1. The Morgan fingerprint density at radius 1 is 0.933 bits per heavy atom. The molecule has 0 radical (unpaired) electrons. The van der Waals surface area contributed by atoms with E-state index in [1.807, 2.05) is 0 Å². The number of hydrogen-bond donors (Lipinski definition) is 2. The lowest BCUT2D eigenvalue weighted by Gasteiger charge is -2.13. The molecule has 0 unspecified atom stereocenters. The molecule has 162 valence electrons. The van der Waals surface area contributed by atoms with Crippen molar-refractivity contribution in [2.45, 2.75) is 39.0 Å². The molecular formula is C23H30N2O4S. The second-order valence-corrected chi connectivity index (χ2v) is 7.17. The zero-order valence-electron chi connectivity index (χ0n) is 17.8. The molecule has 7 heteroatoms. The number of methoxy groups -OCH3 is 2. The third kappa shape index (κ3) is 7.55. The van der Waals surface area contributed by atoms with Crippen molar-refractivity contribution in [1.29, 1.82) is 0 Å². The van der Waals surface area contributed by atoms with Crippen LogP contribution in [-0.4, -0.2) is 31.8 Å². The summed E-state index contributed by atoms with van der Waals surface area (Å²) in [5.41, 5.74) is 1.18. The number of ether oxygens (including phenoxy) is 3. The van der Waals surface area contributed by atoms with Crippen LogP contribution >= 0.6 is 12.2 Å². The Balaban J connectivity index is 1.81. The Labute approximate surface area is 183 Å². The largest absolute Gasteiger partial charge is 0.494 e. The summed E-state index contributed by atoms with van der Waals surface area (Å²) in [5, 5.41) is 5.83. The van der Waals surface area contributed by atoms with E-state index in [1.165, 1.54) is 25.7 Å². The number of hydrogen-bond acceptors (Lipinski definition) is 5. The Morgan fingerprint density at radius 2 is 1.63 bits per heavy atom. The molecule has 0 saturated carbocycles. The smallest absolute Gasteiger partial charge is 0.257 e. The zero-order valence-corrected chi connectivity index (χ0v) is 18.6. The Kier molecular flexibility index (Phi) is 9.94. The molecule has 0 aliphatic rings. The Bertz CT molecular complexity index is 824. The monoisotopic (exact) mass is 430 g/mol. The molecule has 0 aliphatic heterocycles. The van der Waals surface area contributed by atoms with Crippen LogP contribution in [-0.2, 0) is 0 Å². The summed E-state index contributed by atoms with van der Waals surface area (Å²) in [6, 6.07) is 12.3. The van der Waals surface area contributed by atoms with Gasteiger partial charge >= 0.3 is 0 Å². The fraction of sp³-hybridized carbons (Fsp3) is 0.391. The molecule has 0 aromatic heterocycles. The molecule has 2 aromatic carbocycles. The van der Waals surface area contributed by atoms with Crippen LogP contribution < -0.4 is 24.8 Å². The van der Waals surface area contributed by atoms with Crippen molar-refractivity contribution in [1.82, 2.24) is 5.32 Å². The van der Waals surface area contributed by atoms with Gasteiger partial charge < -0.3 is 19.5 Å². The molecule has 0 heterocycles. The first-order chi connectivity index (χ1) is 14.6. The maximum atomic E-state index is 12.4. The summed E-state index contributed by atoms with van der Waals surface area (Å²) in [4.78, 5) is 12.4. The Morgan fingerprint density at radius 3 is 2.30 bits per heavy atom. The first-order valence-electron chi connectivity index (χ1n) is 10.1. The SMILES string of the molecule is CCCCCCCOc1ccc(C(=O)NC(=S)Nc2ccc(OC)c(OC)c2)cc1. The van der Waals surface area contributed by atoms with Crippen molar-refractivity contribution in [2.75, 3.05) is 26.1 Å². The molecule has 30 heavy (non-hydrogen) atoms. The summed E-state index contributed by atoms with van der Waals surface area (Å²) < 4.78 is 16.2. The van der Waals surface area contributed by atoms with Crippen LogP contribution in [0.5, 0.6) is 17.2 Å². The fourth-order valence-electron chi connectivity index (χ4n) is 2.85. The van der Waals surface area contributed by atoms with Gasteiger partial charge in [0.1, 0.15) is 5.75 Å². The maximum absolute atomic E-state index is 12.4. The van der Waals surface area contributed by atoms with Crippen LogP contribution in [0.1, 0.15) is 49.4 Å². The van der Waals surface area contributed by atoms with Crippen molar-refractivity contribution in [3.05, 3.63) is 48.0 Å². The van der Waals surface area contributed by atoms with Crippen LogP contribution in [0, 0.1) is 0 Å². The van der Waals surface area contributed by atoms with Crippen LogP contribution in [0.4, 0.5) is 5.69 Å². The average molecular weight is 431 g/mol. The van der Waals surface area contributed by atoms with Gasteiger partial charge in [-0.3, -0.25) is 10.1 Å². The van der Waals surface area contributed by atoms with E-state index in [1.54, 1.807) is 56.7 Å². The molecule has 2 rings (SSSR count). The number of amides is 1. The summed E-state index contributed by atoms with van der Waals surface area (Å²) >= 11 is 5.24. The highest BCUT2D eigenvalue weighted by molar-refractivity contribution is 7.80. The standard InChI is InChI=1S/C23H30N2O4S/c1-4-5-6-7-8-15-29-19-12-9-17(10-13-19)22(26)25-23(30)24-18-11-14-20(27-2)21(16-18)28-3/h9-14,16H,4-8,15H2,1-3H3,(H2,24,25,26,30). The van der Waals surface area contributed by atoms with E-state index in [9.17, 15) is 4.79 Å². The average Bonchev–Trinajstić information content (AvgIpc) is 2.76. The van der Waals surface area contributed by atoms with Crippen molar-refractivity contribution in [2.24, 2.45) is 0 Å². The molecule has 1 amide bonds. The summed E-state index contributed by atoms with van der Waals surface area (Å²) in [6.07, 6.45) is 5.97. The molecule has 0 saturated heterocycles. The first kappa shape index (κ1) is 23.5. The molecule has 0 spiro atoms. The number of anilines is 1. The predicted molar refractivity (Wildman–Crippen MR) is 124 cm³/mol. The lowest BCUT2D eigenvalue weighted by Crippen LogP contribution is -2.34. The fourth-order valence-corrected chi connectivity index (χ4v) is 3.06. The van der Waals surface area contributed by atoms with Gasteiger partial charge in [-0.15, -0.1) is 0 Å². The molecule has 6 nitrogen and oxygen atoms in total. The van der Waals surface area contributed by atoms with Gasteiger partial charge in [-0.25, -0.2) is 0 Å². The third-order valence-corrected chi connectivity index (χ3v) is 4.71. The van der Waals surface area contributed by atoms with Crippen molar-refractivity contribution in [3.8, 4) is 17.2 Å². The van der Waals surface area contributed by atoms with Crippen LogP contribution in [0.2, 0.25) is 0 Å². The second kappa shape index (κ2) is 12.7. The second-order valence-electron chi connectivity index (χ2n) is 6.77. The lowest BCUT2D eigenvalue weighted by molar-refractivity contribution is 0.0977. The molecule has 2 aromatic rings. The lowest BCUT2D eigenvalue weighted by atomic mass is 10.2. The zero-order chi connectivity index (χ0) is 21.8. The highest BCUT2D eigenvalue weighted by Crippen LogP contribution is 2.29. The van der Waals surface area contributed by atoms with E-state index in [4.69, 9.17) is 26.4 Å². The van der Waals surface area contributed by atoms with Crippen molar-refractivity contribution >= 4 is 28.9 Å². The molecule has 0 atom stereocenters. The summed E-state index contributed by atoms with van der Waals surface area (Å²) in [6.45, 7) is 2.89. The van der Waals surface area contributed by atoms with Gasteiger partial charge in [0.05, 0.1) is 20.8 Å². The number of thiocarbonyl (C=S) groups is 1. The van der Waals surface area contributed by atoms with E-state index in [-0.39, 0.29) is 11.0 Å². The van der Waals surface area contributed by atoms with E-state index in [0.717, 1.165) is 12.2 Å². The van der Waals surface area contributed by atoms with Gasteiger partial charge in [-0.2, -0.15) is 0 Å². The van der Waals surface area contributed by atoms with Crippen molar-refractivity contribution < 1.29 is 19.0 Å². The summed E-state index contributed by atoms with van der Waals surface area (Å²) in [7, 11) is 3.13. The Hall–Kier alpha value is -2.80. The van der Waals surface area contributed by atoms with Crippen LogP contribution in [0.3, 0.4) is 0 Å². The minimum absolute atomic E-state index is 0.194. The number of rotatable bonds is 11. The van der Waals surface area contributed by atoms with Gasteiger partial charge in [-0.1, -0.05) is 32.6 Å². The quantitative estimate of drug-likeness (QED) is 0.378. The topological polar surface area (TPSA) is 68.8 Å². The predicted octanol–water partition coefficient (Wildman–Crippen LogP) is 5.18. The molecule has 0 fully saturated rings. The van der Waals surface area contributed by atoms with Gasteiger partial charge in [-0.05, 0) is 55.0 Å². The first-order valence-corrected chi connectivity index (χ1v) is 10.6. The van der Waals surface area contributed by atoms with Gasteiger partial charge in [0.25, 0.3) is 5.91 Å². The van der Waals surface area contributed by atoms with Gasteiger partial charge in [0.2, 0.25) is 0 Å². The normalized spacial score (nSPS) is 10.2. The third-order valence-electron chi connectivity index (χ3n) is 4.50. The highest BCUT2D eigenvalue weighted by atomic mass is 32.1. The van der Waals surface area contributed by atoms with E-state index in [2.05, 4.69) is 17.6 Å². The molecular weight excluding hydrogens is 400 g/mol. The maximum Gasteiger partial charge on any atom is 0.257 e. The minimum atomic E-state index is -0.293. The number of benzene rings is 2. The van der Waals surface area contributed by atoms with E-state index in [0.29, 0.717) is 29.4 Å². The number of unbranched alkanes of at least 4 members (excludes halogenated alkanes) is 4. The number of nitrogens with one attached hydrogen (secondary N) is 2. The molecule has 0 aliphatic carbocycles. The molecule has 2 N–H and O–H groups in total. The van der Waals surface area contributed by atoms with Gasteiger partial charge in [0, 0.05) is 17.3 Å². The summed E-state index contributed by atoms with van der Waals surface area (Å²) in [5.74, 6) is 1.64. The van der Waals surface area contributed by atoms with E-state index < -0.39 is 0 Å². The van der Waals surface area contributed by atoms with Crippen LogP contribution in [0.15, 0.2) is 42.5 Å². The van der Waals surface area contributed by atoms with Crippen molar-refractivity contribution in [3.63, 3.8) is 0 Å². The van der Waals surface area contributed by atoms with Crippen LogP contribution in [0.25, 0.3) is 0 Å². The molecule has 0 bridgehead atoms. The highest BCUT2D eigenvalue weighted by Gasteiger charge is 2.10. The van der Waals surface area contributed by atoms with E-state index >= 15 is 0 Å².